The minimum atomic E-state index is -3.35. The van der Waals surface area contributed by atoms with Crippen molar-refractivity contribution in [2.24, 2.45) is 0 Å². The van der Waals surface area contributed by atoms with Crippen LogP contribution in [0.25, 0.3) is 5.69 Å². The first-order chi connectivity index (χ1) is 11.8. The summed E-state index contributed by atoms with van der Waals surface area (Å²) in [5.74, 6) is 0.525. The van der Waals surface area contributed by atoms with Gasteiger partial charge in [-0.2, -0.15) is 0 Å². The Morgan fingerprint density at radius 1 is 1.20 bits per heavy atom. The Kier molecular flexibility index (Phi) is 5.17. The van der Waals surface area contributed by atoms with Gasteiger partial charge in [-0.3, -0.25) is 9.36 Å². The van der Waals surface area contributed by atoms with Crippen LogP contribution in [0.4, 0.5) is 0 Å². The van der Waals surface area contributed by atoms with Crippen LogP contribution in [0.2, 0.25) is 5.02 Å². The average Bonchev–Trinajstić information content (AvgIpc) is 2.56. The molecule has 25 heavy (non-hydrogen) atoms. The van der Waals surface area contributed by atoms with E-state index in [2.05, 4.69) is 5.32 Å². The number of ether oxygens (including phenoxy) is 1. The Labute approximate surface area is 151 Å². The van der Waals surface area contributed by atoms with Crippen LogP contribution in [0.3, 0.4) is 0 Å². The van der Waals surface area contributed by atoms with Crippen LogP contribution < -0.4 is 15.6 Å². The summed E-state index contributed by atoms with van der Waals surface area (Å²) < 4.78 is 30.4. The summed E-state index contributed by atoms with van der Waals surface area (Å²) in [4.78, 5) is 12.5. The van der Waals surface area contributed by atoms with Crippen molar-refractivity contribution in [3.05, 3.63) is 51.9 Å². The van der Waals surface area contributed by atoms with Crippen molar-refractivity contribution in [2.45, 2.75) is 23.8 Å². The monoisotopic (exact) mass is 382 g/mol. The van der Waals surface area contributed by atoms with Gasteiger partial charge in [0.15, 0.2) is 9.84 Å². The molecule has 1 aliphatic heterocycles. The fraction of sp³-hybridized carbons (Fsp3) is 0.353. The molecule has 1 aliphatic rings. The molecule has 8 heteroatoms. The van der Waals surface area contributed by atoms with Gasteiger partial charge < -0.3 is 10.1 Å². The van der Waals surface area contributed by atoms with Gasteiger partial charge in [0.1, 0.15) is 11.9 Å². The van der Waals surface area contributed by atoms with Crippen LogP contribution in [0.15, 0.2) is 46.2 Å². The van der Waals surface area contributed by atoms with Crippen LogP contribution in [0.1, 0.15) is 12.8 Å². The topological polar surface area (TPSA) is 77.4 Å². The molecule has 2 aromatic rings. The number of hydrogen-bond acceptors (Lipinski definition) is 5. The molecule has 0 spiro atoms. The Balaban J connectivity index is 1.87. The highest BCUT2D eigenvalue weighted by Gasteiger charge is 2.16. The first kappa shape index (κ1) is 18.0. The number of aromatic nitrogens is 1. The summed E-state index contributed by atoms with van der Waals surface area (Å²) in [5.41, 5.74) is 0.132. The maximum atomic E-state index is 12.4. The third-order valence-corrected chi connectivity index (χ3v) is 5.50. The highest BCUT2D eigenvalue weighted by Crippen LogP contribution is 2.24. The number of sulfone groups is 1. The zero-order chi connectivity index (χ0) is 18.0. The van der Waals surface area contributed by atoms with Crippen LogP contribution in [0, 0.1) is 0 Å². The van der Waals surface area contributed by atoms with E-state index in [-0.39, 0.29) is 21.6 Å². The molecule has 0 radical (unpaired) electrons. The lowest BCUT2D eigenvalue weighted by Crippen LogP contribution is -2.34. The SMILES string of the molecule is CS(=O)(=O)c1ccc(-n2ccc(OC3CCNCC3)cc2=O)c(Cl)c1. The van der Waals surface area contributed by atoms with Crippen LogP contribution in [-0.4, -0.2) is 38.4 Å². The van der Waals surface area contributed by atoms with Crippen molar-refractivity contribution in [1.82, 2.24) is 9.88 Å². The normalized spacial score (nSPS) is 15.9. The van der Waals surface area contributed by atoms with Crippen LogP contribution >= 0.6 is 11.6 Å². The second-order valence-electron chi connectivity index (χ2n) is 6.02. The first-order valence-corrected chi connectivity index (χ1v) is 10.2. The number of benzene rings is 1. The maximum absolute atomic E-state index is 12.4. The van der Waals surface area contributed by atoms with Gasteiger partial charge in [0, 0.05) is 18.5 Å². The average molecular weight is 383 g/mol. The standard InChI is InChI=1S/C17H19ClN2O4S/c1-25(22,23)14-2-3-16(15(18)11-14)20-9-6-13(10-17(20)21)24-12-4-7-19-8-5-12/h2-3,6,9-12,19H,4-5,7-8H2,1H3. The summed E-state index contributed by atoms with van der Waals surface area (Å²) in [6, 6.07) is 7.43. The fourth-order valence-corrected chi connectivity index (χ4v) is 3.74. The van der Waals surface area contributed by atoms with Gasteiger partial charge in [-0.15, -0.1) is 0 Å². The van der Waals surface area contributed by atoms with E-state index in [1.54, 1.807) is 12.3 Å². The molecule has 134 valence electrons. The molecule has 0 amide bonds. The van der Waals surface area contributed by atoms with Crippen LogP contribution in [0.5, 0.6) is 5.75 Å². The van der Waals surface area contributed by atoms with Gasteiger partial charge in [0.25, 0.3) is 5.56 Å². The second kappa shape index (κ2) is 7.19. The maximum Gasteiger partial charge on any atom is 0.258 e. The number of nitrogens with one attached hydrogen (secondary N) is 1. The van der Waals surface area contributed by atoms with Crippen LogP contribution in [-0.2, 0) is 9.84 Å². The highest BCUT2D eigenvalue weighted by atomic mass is 35.5. The molecule has 0 atom stereocenters. The molecule has 0 unspecified atom stereocenters. The number of pyridine rings is 1. The fourth-order valence-electron chi connectivity index (χ4n) is 2.75. The lowest BCUT2D eigenvalue weighted by atomic mass is 10.1. The molecule has 2 heterocycles. The number of rotatable bonds is 4. The zero-order valence-corrected chi connectivity index (χ0v) is 15.3. The molecule has 0 aliphatic carbocycles. The van der Waals surface area contributed by atoms with E-state index in [9.17, 15) is 13.2 Å². The van der Waals surface area contributed by atoms with Gasteiger partial charge in [0.05, 0.1) is 15.6 Å². The van der Waals surface area contributed by atoms with Crippen molar-refractivity contribution < 1.29 is 13.2 Å². The number of halogens is 1. The molecule has 1 aromatic heterocycles. The van der Waals surface area contributed by atoms with Crippen molar-refractivity contribution in [1.29, 1.82) is 0 Å². The molecule has 6 nitrogen and oxygen atoms in total. The minimum Gasteiger partial charge on any atom is -0.490 e. The summed E-state index contributed by atoms with van der Waals surface area (Å²) in [6.07, 6.45) is 4.61. The molecule has 0 saturated carbocycles. The van der Waals surface area contributed by atoms with Crippen molar-refractivity contribution in [3.63, 3.8) is 0 Å². The predicted molar refractivity (Wildman–Crippen MR) is 96.7 cm³/mol. The molecular weight excluding hydrogens is 364 g/mol. The number of nitrogens with zero attached hydrogens (tertiary/aromatic N) is 1. The molecule has 1 saturated heterocycles. The Hall–Kier alpha value is -1.83. The third kappa shape index (κ3) is 4.23. The summed E-state index contributed by atoms with van der Waals surface area (Å²) >= 11 is 6.17. The molecular formula is C17H19ClN2O4S. The zero-order valence-electron chi connectivity index (χ0n) is 13.7. The molecule has 1 fully saturated rings. The van der Waals surface area contributed by atoms with E-state index in [1.807, 2.05) is 0 Å². The summed E-state index contributed by atoms with van der Waals surface area (Å²) in [7, 11) is -3.35. The van der Waals surface area contributed by atoms with E-state index < -0.39 is 9.84 Å². The Morgan fingerprint density at radius 3 is 2.52 bits per heavy atom. The number of piperidine rings is 1. The van der Waals surface area contributed by atoms with Gasteiger partial charge in [-0.25, -0.2) is 8.42 Å². The van der Waals surface area contributed by atoms with Crippen molar-refractivity contribution in [2.75, 3.05) is 19.3 Å². The summed E-state index contributed by atoms with van der Waals surface area (Å²) in [5, 5.41) is 3.45. The van der Waals surface area contributed by atoms with E-state index in [0.717, 1.165) is 32.2 Å². The van der Waals surface area contributed by atoms with E-state index in [4.69, 9.17) is 16.3 Å². The van der Waals surface area contributed by atoms with E-state index >= 15 is 0 Å². The second-order valence-corrected chi connectivity index (χ2v) is 8.45. The predicted octanol–water partition coefficient (Wildman–Crippen LogP) is 2.03. The molecule has 3 rings (SSSR count). The lowest BCUT2D eigenvalue weighted by molar-refractivity contribution is 0.162. The summed E-state index contributed by atoms with van der Waals surface area (Å²) in [6.45, 7) is 1.81. The lowest BCUT2D eigenvalue weighted by Gasteiger charge is -2.23. The van der Waals surface area contributed by atoms with Crippen molar-refractivity contribution in [3.8, 4) is 11.4 Å². The van der Waals surface area contributed by atoms with E-state index in [0.29, 0.717) is 11.4 Å². The smallest absolute Gasteiger partial charge is 0.258 e. The highest BCUT2D eigenvalue weighted by molar-refractivity contribution is 7.90. The molecule has 0 bridgehead atoms. The van der Waals surface area contributed by atoms with Gasteiger partial charge in [0.2, 0.25) is 0 Å². The molecule has 1 aromatic carbocycles. The first-order valence-electron chi connectivity index (χ1n) is 7.95. The van der Waals surface area contributed by atoms with Gasteiger partial charge in [-0.05, 0) is 50.2 Å². The molecule has 1 N–H and O–H groups in total. The van der Waals surface area contributed by atoms with Crippen molar-refractivity contribution >= 4 is 21.4 Å². The van der Waals surface area contributed by atoms with E-state index in [1.165, 1.54) is 28.8 Å². The third-order valence-electron chi connectivity index (χ3n) is 4.09. The largest absolute Gasteiger partial charge is 0.490 e. The van der Waals surface area contributed by atoms with Gasteiger partial charge in [-0.1, -0.05) is 11.6 Å². The Bertz CT molecular complexity index is 934. The quantitative estimate of drug-likeness (QED) is 0.875. The van der Waals surface area contributed by atoms with Gasteiger partial charge >= 0.3 is 0 Å². The number of hydrogen-bond donors (Lipinski definition) is 1. The minimum absolute atomic E-state index is 0.106. The Morgan fingerprint density at radius 2 is 1.92 bits per heavy atom.